The van der Waals surface area contributed by atoms with Crippen molar-refractivity contribution in [2.45, 2.75) is 13.0 Å². The van der Waals surface area contributed by atoms with Gasteiger partial charge in [-0.1, -0.05) is 0 Å². The summed E-state index contributed by atoms with van der Waals surface area (Å²) in [6.07, 6.45) is 3.32. The summed E-state index contributed by atoms with van der Waals surface area (Å²) >= 11 is 0. The van der Waals surface area contributed by atoms with E-state index in [0.717, 1.165) is 5.69 Å². The van der Waals surface area contributed by atoms with Crippen molar-refractivity contribution in [3.63, 3.8) is 0 Å². The highest BCUT2D eigenvalue weighted by atomic mass is 16.5. The number of rotatable bonds is 4. The van der Waals surface area contributed by atoms with Crippen molar-refractivity contribution in [1.82, 2.24) is 4.98 Å². The minimum atomic E-state index is 0.214. The SMILES string of the molecule is COCC(C)N(C)c1cnccc1C#N. The standard InChI is InChI=1S/C11H15N3O/c1-9(8-15-3)14(2)11-7-13-5-4-10(11)6-12/h4-5,7,9H,8H2,1-3H3. The second-order valence-electron chi connectivity index (χ2n) is 3.42. The largest absolute Gasteiger partial charge is 0.383 e. The van der Waals surface area contributed by atoms with E-state index in [4.69, 9.17) is 10.00 Å². The van der Waals surface area contributed by atoms with Gasteiger partial charge < -0.3 is 9.64 Å². The van der Waals surface area contributed by atoms with Crippen LogP contribution in [-0.2, 0) is 4.74 Å². The molecule has 1 atom stereocenters. The fourth-order valence-corrected chi connectivity index (χ4v) is 1.35. The zero-order valence-electron chi connectivity index (χ0n) is 9.27. The van der Waals surface area contributed by atoms with Crippen LogP contribution >= 0.6 is 0 Å². The number of nitrogens with zero attached hydrogens (tertiary/aromatic N) is 3. The van der Waals surface area contributed by atoms with Crippen molar-refractivity contribution in [2.24, 2.45) is 0 Å². The highest BCUT2D eigenvalue weighted by molar-refractivity contribution is 5.57. The Hall–Kier alpha value is -1.60. The van der Waals surface area contributed by atoms with E-state index in [-0.39, 0.29) is 6.04 Å². The smallest absolute Gasteiger partial charge is 0.101 e. The second kappa shape index (κ2) is 5.32. The van der Waals surface area contributed by atoms with Crippen molar-refractivity contribution < 1.29 is 4.74 Å². The van der Waals surface area contributed by atoms with Crippen LogP contribution in [0, 0.1) is 11.3 Å². The average molecular weight is 205 g/mol. The van der Waals surface area contributed by atoms with E-state index >= 15 is 0 Å². The van der Waals surface area contributed by atoms with Crippen molar-refractivity contribution in [3.05, 3.63) is 24.0 Å². The summed E-state index contributed by atoms with van der Waals surface area (Å²) in [5, 5.41) is 8.94. The third kappa shape index (κ3) is 2.67. The van der Waals surface area contributed by atoms with Gasteiger partial charge in [-0.25, -0.2) is 0 Å². The van der Waals surface area contributed by atoms with Gasteiger partial charge in [0.15, 0.2) is 0 Å². The van der Waals surface area contributed by atoms with Gasteiger partial charge in [0.1, 0.15) is 6.07 Å². The summed E-state index contributed by atoms with van der Waals surface area (Å²) < 4.78 is 5.07. The molecule has 4 heteroatoms. The Morgan fingerprint density at radius 1 is 1.67 bits per heavy atom. The van der Waals surface area contributed by atoms with Crippen LogP contribution in [0.5, 0.6) is 0 Å². The number of pyridine rings is 1. The molecule has 80 valence electrons. The molecular weight excluding hydrogens is 190 g/mol. The first-order valence-electron chi connectivity index (χ1n) is 4.76. The molecule has 0 saturated heterocycles. The molecule has 0 aromatic carbocycles. The molecule has 0 radical (unpaired) electrons. The first-order chi connectivity index (χ1) is 7.20. The maximum Gasteiger partial charge on any atom is 0.101 e. The van der Waals surface area contributed by atoms with Crippen LogP contribution in [0.2, 0.25) is 0 Å². The number of likely N-dealkylation sites (N-methyl/N-ethyl adjacent to an activating group) is 1. The van der Waals surface area contributed by atoms with Crippen LogP contribution in [0.25, 0.3) is 0 Å². The van der Waals surface area contributed by atoms with E-state index in [1.54, 1.807) is 25.6 Å². The normalized spacial score (nSPS) is 11.9. The number of ether oxygens (including phenoxy) is 1. The third-order valence-corrected chi connectivity index (χ3v) is 2.37. The molecule has 1 unspecified atom stereocenters. The average Bonchev–Trinajstić information content (AvgIpc) is 2.28. The first kappa shape index (κ1) is 11.5. The van der Waals surface area contributed by atoms with E-state index < -0.39 is 0 Å². The summed E-state index contributed by atoms with van der Waals surface area (Å²) in [4.78, 5) is 6.02. The van der Waals surface area contributed by atoms with Gasteiger partial charge >= 0.3 is 0 Å². The van der Waals surface area contributed by atoms with E-state index in [0.29, 0.717) is 12.2 Å². The minimum Gasteiger partial charge on any atom is -0.383 e. The molecule has 1 aromatic rings. The van der Waals surface area contributed by atoms with Crippen LogP contribution in [0.3, 0.4) is 0 Å². The molecule has 15 heavy (non-hydrogen) atoms. The van der Waals surface area contributed by atoms with Gasteiger partial charge in [-0.3, -0.25) is 4.98 Å². The number of hydrogen-bond donors (Lipinski definition) is 0. The van der Waals surface area contributed by atoms with E-state index in [2.05, 4.69) is 11.1 Å². The Bertz CT molecular complexity index is 359. The lowest BCUT2D eigenvalue weighted by Crippen LogP contribution is -2.33. The lowest BCUT2D eigenvalue weighted by Gasteiger charge is -2.26. The monoisotopic (exact) mass is 205 g/mol. The van der Waals surface area contributed by atoms with Crippen LogP contribution < -0.4 is 4.90 Å². The van der Waals surface area contributed by atoms with E-state index in [1.165, 1.54) is 0 Å². The highest BCUT2D eigenvalue weighted by Crippen LogP contribution is 2.18. The number of aromatic nitrogens is 1. The highest BCUT2D eigenvalue weighted by Gasteiger charge is 2.13. The van der Waals surface area contributed by atoms with Gasteiger partial charge in [-0.15, -0.1) is 0 Å². The molecule has 0 fully saturated rings. The Balaban J connectivity index is 2.91. The third-order valence-electron chi connectivity index (χ3n) is 2.37. The minimum absolute atomic E-state index is 0.214. The molecule has 0 aliphatic heterocycles. The van der Waals surface area contributed by atoms with Crippen molar-refractivity contribution >= 4 is 5.69 Å². The molecule has 0 saturated carbocycles. The van der Waals surface area contributed by atoms with Crippen LogP contribution in [-0.4, -0.2) is 31.8 Å². The first-order valence-corrected chi connectivity index (χ1v) is 4.76. The summed E-state index contributed by atoms with van der Waals surface area (Å²) in [7, 11) is 3.60. The molecule has 0 N–H and O–H groups in total. The van der Waals surface area contributed by atoms with Gasteiger partial charge in [0.05, 0.1) is 24.1 Å². The Kier molecular flexibility index (Phi) is 4.07. The summed E-state index contributed by atoms with van der Waals surface area (Å²) in [5.74, 6) is 0. The predicted molar refractivity (Wildman–Crippen MR) is 58.7 cm³/mol. The summed E-state index contributed by atoms with van der Waals surface area (Å²) in [6, 6.07) is 4.08. The molecule has 1 heterocycles. The summed E-state index contributed by atoms with van der Waals surface area (Å²) in [5.41, 5.74) is 1.47. The van der Waals surface area contributed by atoms with Gasteiger partial charge in [-0.05, 0) is 13.0 Å². The van der Waals surface area contributed by atoms with Gasteiger partial charge in [0.25, 0.3) is 0 Å². The number of nitriles is 1. The van der Waals surface area contributed by atoms with Crippen molar-refractivity contribution in [2.75, 3.05) is 25.7 Å². The van der Waals surface area contributed by atoms with Crippen molar-refractivity contribution in [1.29, 1.82) is 5.26 Å². The number of anilines is 1. The topological polar surface area (TPSA) is 49.1 Å². The fourth-order valence-electron chi connectivity index (χ4n) is 1.35. The Morgan fingerprint density at radius 3 is 3.00 bits per heavy atom. The molecule has 0 bridgehead atoms. The zero-order valence-corrected chi connectivity index (χ0v) is 9.27. The van der Waals surface area contributed by atoms with Crippen LogP contribution in [0.4, 0.5) is 5.69 Å². The molecular formula is C11H15N3O. The lowest BCUT2D eigenvalue weighted by atomic mass is 10.2. The number of hydrogen-bond acceptors (Lipinski definition) is 4. The quantitative estimate of drug-likeness (QED) is 0.746. The fraction of sp³-hybridized carbons (Fsp3) is 0.455. The molecule has 1 aromatic heterocycles. The van der Waals surface area contributed by atoms with Crippen molar-refractivity contribution in [3.8, 4) is 6.07 Å². The molecule has 0 aliphatic rings. The molecule has 4 nitrogen and oxygen atoms in total. The van der Waals surface area contributed by atoms with Crippen LogP contribution in [0.15, 0.2) is 18.5 Å². The maximum absolute atomic E-state index is 8.94. The van der Waals surface area contributed by atoms with Gasteiger partial charge in [0.2, 0.25) is 0 Å². The Morgan fingerprint density at radius 2 is 2.40 bits per heavy atom. The van der Waals surface area contributed by atoms with E-state index in [1.807, 2.05) is 18.9 Å². The molecule has 0 aliphatic carbocycles. The lowest BCUT2D eigenvalue weighted by molar-refractivity contribution is 0.183. The van der Waals surface area contributed by atoms with Gasteiger partial charge in [-0.2, -0.15) is 5.26 Å². The van der Waals surface area contributed by atoms with Crippen LogP contribution in [0.1, 0.15) is 12.5 Å². The number of methoxy groups -OCH3 is 1. The second-order valence-corrected chi connectivity index (χ2v) is 3.42. The molecule has 1 rings (SSSR count). The molecule has 0 amide bonds. The van der Waals surface area contributed by atoms with E-state index in [9.17, 15) is 0 Å². The molecule has 0 spiro atoms. The predicted octanol–water partition coefficient (Wildman–Crippen LogP) is 1.42. The Labute approximate surface area is 90.1 Å². The maximum atomic E-state index is 8.94. The van der Waals surface area contributed by atoms with Gasteiger partial charge in [0, 0.05) is 26.4 Å². The summed E-state index contributed by atoms with van der Waals surface area (Å²) in [6.45, 7) is 2.66. The zero-order chi connectivity index (χ0) is 11.3.